The molecule has 2 nitrogen and oxygen atoms in total. The van der Waals surface area contributed by atoms with Crippen LogP contribution in [0.2, 0.25) is 0 Å². The summed E-state index contributed by atoms with van der Waals surface area (Å²) < 4.78 is 0. The van der Waals surface area contributed by atoms with Gasteiger partial charge in [-0.2, -0.15) is 0 Å². The van der Waals surface area contributed by atoms with E-state index in [1.807, 2.05) is 18.2 Å². The summed E-state index contributed by atoms with van der Waals surface area (Å²) in [4.78, 5) is 12.5. The van der Waals surface area contributed by atoms with E-state index < -0.39 is 0 Å². The standard InChI is InChI=1S/C18H19NO/c1-14-7-9-15(10-8-14)13-19-17(20)18(11-12-18)16-5-3-2-4-6-16/h2-10H,11-13H2,1H3,(H,19,20). The average Bonchev–Trinajstić information content (AvgIpc) is 3.29. The van der Waals surface area contributed by atoms with E-state index in [2.05, 4.69) is 48.6 Å². The van der Waals surface area contributed by atoms with Crippen LogP contribution in [0.1, 0.15) is 29.5 Å². The summed E-state index contributed by atoms with van der Waals surface area (Å²) in [5, 5.41) is 3.08. The van der Waals surface area contributed by atoms with E-state index in [1.54, 1.807) is 0 Å². The molecule has 0 bridgehead atoms. The molecule has 2 aromatic rings. The predicted molar refractivity (Wildman–Crippen MR) is 80.4 cm³/mol. The smallest absolute Gasteiger partial charge is 0.230 e. The first kappa shape index (κ1) is 12.9. The molecule has 1 N–H and O–H groups in total. The first-order valence-corrected chi connectivity index (χ1v) is 7.10. The Balaban J connectivity index is 1.67. The van der Waals surface area contributed by atoms with Gasteiger partial charge in [-0.05, 0) is 30.9 Å². The molecule has 1 aliphatic carbocycles. The van der Waals surface area contributed by atoms with Crippen molar-refractivity contribution in [2.24, 2.45) is 0 Å². The van der Waals surface area contributed by atoms with Crippen molar-refractivity contribution in [3.05, 3.63) is 71.3 Å². The second-order valence-corrected chi connectivity index (χ2v) is 5.62. The van der Waals surface area contributed by atoms with Gasteiger partial charge in [0.15, 0.2) is 0 Å². The van der Waals surface area contributed by atoms with Gasteiger partial charge < -0.3 is 5.32 Å². The van der Waals surface area contributed by atoms with Gasteiger partial charge in [0.2, 0.25) is 5.91 Å². The number of carbonyl (C=O) groups is 1. The Morgan fingerprint density at radius 3 is 2.30 bits per heavy atom. The zero-order chi connectivity index (χ0) is 14.0. The van der Waals surface area contributed by atoms with Crippen molar-refractivity contribution in [2.45, 2.75) is 31.7 Å². The monoisotopic (exact) mass is 265 g/mol. The lowest BCUT2D eigenvalue weighted by Crippen LogP contribution is -2.34. The third-order valence-corrected chi connectivity index (χ3v) is 4.08. The van der Waals surface area contributed by atoms with Crippen molar-refractivity contribution in [2.75, 3.05) is 0 Å². The lowest BCUT2D eigenvalue weighted by molar-refractivity contribution is -0.123. The molecule has 1 fully saturated rings. The number of benzene rings is 2. The highest BCUT2D eigenvalue weighted by molar-refractivity contribution is 5.91. The van der Waals surface area contributed by atoms with E-state index in [-0.39, 0.29) is 11.3 Å². The van der Waals surface area contributed by atoms with E-state index in [0.29, 0.717) is 6.54 Å². The molecule has 0 unspecified atom stereocenters. The molecule has 0 heterocycles. The summed E-state index contributed by atoms with van der Waals surface area (Å²) in [5.74, 6) is 0.157. The first-order valence-electron chi connectivity index (χ1n) is 7.10. The minimum atomic E-state index is -0.272. The lowest BCUT2D eigenvalue weighted by Gasteiger charge is -2.15. The fourth-order valence-corrected chi connectivity index (χ4v) is 2.59. The van der Waals surface area contributed by atoms with Gasteiger partial charge in [-0.25, -0.2) is 0 Å². The van der Waals surface area contributed by atoms with Gasteiger partial charge in [-0.1, -0.05) is 60.2 Å². The summed E-state index contributed by atoms with van der Waals surface area (Å²) in [6, 6.07) is 18.4. The largest absolute Gasteiger partial charge is 0.351 e. The van der Waals surface area contributed by atoms with Crippen LogP contribution in [0.4, 0.5) is 0 Å². The Labute approximate surface area is 119 Å². The van der Waals surface area contributed by atoms with Crippen LogP contribution >= 0.6 is 0 Å². The first-order chi connectivity index (χ1) is 9.71. The molecular formula is C18H19NO. The van der Waals surface area contributed by atoms with Gasteiger partial charge in [0.25, 0.3) is 0 Å². The molecule has 1 saturated carbocycles. The van der Waals surface area contributed by atoms with Crippen LogP contribution in [-0.4, -0.2) is 5.91 Å². The number of amides is 1. The SMILES string of the molecule is Cc1ccc(CNC(=O)C2(c3ccccc3)CC2)cc1. The fourth-order valence-electron chi connectivity index (χ4n) is 2.59. The fraction of sp³-hybridized carbons (Fsp3) is 0.278. The summed E-state index contributed by atoms with van der Waals surface area (Å²) >= 11 is 0. The number of nitrogens with one attached hydrogen (secondary N) is 1. The molecule has 1 amide bonds. The van der Waals surface area contributed by atoms with Crippen molar-refractivity contribution in [3.63, 3.8) is 0 Å². The minimum absolute atomic E-state index is 0.157. The molecule has 2 aromatic carbocycles. The predicted octanol–water partition coefficient (Wildman–Crippen LogP) is 3.34. The minimum Gasteiger partial charge on any atom is -0.351 e. The van der Waals surface area contributed by atoms with Crippen LogP contribution in [0.15, 0.2) is 54.6 Å². The number of carbonyl (C=O) groups excluding carboxylic acids is 1. The molecule has 20 heavy (non-hydrogen) atoms. The molecule has 0 spiro atoms. The van der Waals surface area contributed by atoms with Crippen LogP contribution in [0.5, 0.6) is 0 Å². The van der Waals surface area contributed by atoms with Gasteiger partial charge in [-0.3, -0.25) is 4.79 Å². The van der Waals surface area contributed by atoms with Crippen molar-refractivity contribution in [3.8, 4) is 0 Å². The second kappa shape index (κ2) is 5.12. The average molecular weight is 265 g/mol. The number of aryl methyl sites for hydroxylation is 1. The van der Waals surface area contributed by atoms with E-state index in [9.17, 15) is 4.79 Å². The number of hydrogen-bond acceptors (Lipinski definition) is 1. The summed E-state index contributed by atoms with van der Waals surface area (Å²) in [6.07, 6.45) is 1.91. The van der Waals surface area contributed by atoms with E-state index in [4.69, 9.17) is 0 Å². The molecule has 0 aromatic heterocycles. The molecule has 2 heteroatoms. The third kappa shape index (κ3) is 2.46. The zero-order valence-electron chi connectivity index (χ0n) is 11.7. The Kier molecular flexibility index (Phi) is 3.31. The van der Waals surface area contributed by atoms with E-state index >= 15 is 0 Å². The molecule has 0 radical (unpaired) electrons. The zero-order valence-corrected chi connectivity index (χ0v) is 11.7. The molecule has 0 aliphatic heterocycles. The third-order valence-electron chi connectivity index (χ3n) is 4.08. The van der Waals surface area contributed by atoms with Crippen LogP contribution in [0.25, 0.3) is 0 Å². The highest BCUT2D eigenvalue weighted by Crippen LogP contribution is 2.48. The van der Waals surface area contributed by atoms with Crippen molar-refractivity contribution < 1.29 is 4.79 Å². The Hall–Kier alpha value is -2.09. The van der Waals surface area contributed by atoms with Crippen LogP contribution < -0.4 is 5.32 Å². The maximum absolute atomic E-state index is 12.5. The van der Waals surface area contributed by atoms with Gasteiger partial charge in [0.1, 0.15) is 0 Å². The van der Waals surface area contributed by atoms with Crippen molar-refractivity contribution in [1.29, 1.82) is 0 Å². The van der Waals surface area contributed by atoms with Gasteiger partial charge in [-0.15, -0.1) is 0 Å². The van der Waals surface area contributed by atoms with Crippen LogP contribution in [0.3, 0.4) is 0 Å². The Morgan fingerprint density at radius 2 is 1.70 bits per heavy atom. The summed E-state index contributed by atoms with van der Waals surface area (Å²) in [7, 11) is 0. The highest BCUT2D eigenvalue weighted by Gasteiger charge is 2.50. The topological polar surface area (TPSA) is 29.1 Å². The van der Waals surface area contributed by atoms with Gasteiger partial charge in [0.05, 0.1) is 5.41 Å². The highest BCUT2D eigenvalue weighted by atomic mass is 16.2. The number of rotatable bonds is 4. The Bertz CT molecular complexity index is 597. The molecule has 0 atom stereocenters. The van der Waals surface area contributed by atoms with E-state index in [1.165, 1.54) is 5.56 Å². The van der Waals surface area contributed by atoms with Crippen LogP contribution in [0, 0.1) is 6.92 Å². The maximum Gasteiger partial charge on any atom is 0.230 e. The molecule has 3 rings (SSSR count). The van der Waals surface area contributed by atoms with Gasteiger partial charge in [0, 0.05) is 6.54 Å². The van der Waals surface area contributed by atoms with Crippen molar-refractivity contribution >= 4 is 5.91 Å². The number of hydrogen-bond donors (Lipinski definition) is 1. The van der Waals surface area contributed by atoms with Crippen molar-refractivity contribution in [1.82, 2.24) is 5.32 Å². The molecule has 0 saturated heterocycles. The molecular weight excluding hydrogens is 246 g/mol. The quantitative estimate of drug-likeness (QED) is 0.902. The molecule has 102 valence electrons. The van der Waals surface area contributed by atoms with E-state index in [0.717, 1.165) is 24.0 Å². The molecule has 1 aliphatic rings. The summed E-state index contributed by atoms with van der Waals surface area (Å²) in [5.41, 5.74) is 3.25. The lowest BCUT2D eigenvalue weighted by atomic mass is 9.95. The maximum atomic E-state index is 12.5. The van der Waals surface area contributed by atoms with Crippen LogP contribution in [-0.2, 0) is 16.8 Å². The summed E-state index contributed by atoms with van der Waals surface area (Å²) in [6.45, 7) is 2.67. The second-order valence-electron chi connectivity index (χ2n) is 5.62. The Morgan fingerprint density at radius 1 is 1.05 bits per heavy atom. The van der Waals surface area contributed by atoms with Gasteiger partial charge >= 0.3 is 0 Å². The normalized spacial score (nSPS) is 15.7.